The molecule has 0 bridgehead atoms. The smallest absolute Gasteiger partial charge is 0.435 e. The van der Waals surface area contributed by atoms with E-state index in [1.54, 1.807) is 13.0 Å². The molecule has 0 aromatic carbocycles. The number of thiophene rings is 1. The number of ether oxygens (including phenoxy) is 1. The number of methoxy groups -OCH3 is 1. The third-order valence-electron chi connectivity index (χ3n) is 3.23. The van der Waals surface area contributed by atoms with Crippen LogP contribution in [0.15, 0.2) is 12.3 Å². The zero-order valence-corrected chi connectivity index (χ0v) is 13.3. The highest BCUT2D eigenvalue weighted by Gasteiger charge is 2.36. The van der Waals surface area contributed by atoms with Gasteiger partial charge >= 0.3 is 12.1 Å². The molecule has 0 saturated heterocycles. The summed E-state index contributed by atoms with van der Waals surface area (Å²) in [6, 6.07) is 1.59. The average molecular weight is 348 g/mol. The Hall–Kier alpha value is -1.87. The summed E-state index contributed by atoms with van der Waals surface area (Å²) in [6.45, 7) is 1.49. The van der Waals surface area contributed by atoms with Crippen LogP contribution in [-0.2, 0) is 23.9 Å². The quantitative estimate of drug-likeness (QED) is 0.844. The van der Waals surface area contributed by atoms with Gasteiger partial charge in [0, 0.05) is 23.2 Å². The zero-order valence-electron chi connectivity index (χ0n) is 12.5. The van der Waals surface area contributed by atoms with Crippen LogP contribution < -0.4 is 0 Å². The van der Waals surface area contributed by atoms with Gasteiger partial charge in [0.15, 0.2) is 5.69 Å². The van der Waals surface area contributed by atoms with E-state index in [1.165, 1.54) is 29.3 Å². The van der Waals surface area contributed by atoms with Crippen molar-refractivity contribution in [3.05, 3.63) is 38.8 Å². The first kappa shape index (κ1) is 17.5. The molecule has 23 heavy (non-hydrogen) atoms. The van der Waals surface area contributed by atoms with Gasteiger partial charge in [0.2, 0.25) is 0 Å². The van der Waals surface area contributed by atoms with Crippen LogP contribution >= 0.6 is 11.3 Å². The number of nitrogens with zero attached hydrogens (tertiary/aromatic N) is 2. The summed E-state index contributed by atoms with van der Waals surface area (Å²) >= 11 is 1.22. The number of carbonyl (C=O) groups is 1. The van der Waals surface area contributed by atoms with E-state index in [0.29, 0.717) is 10.4 Å². The fraction of sp³-hybridized carbons (Fsp3) is 0.429. The lowest BCUT2D eigenvalue weighted by molar-refractivity contribution is -0.142. The second kappa shape index (κ2) is 6.71. The molecule has 0 saturated carbocycles. The Labute approximate surface area is 134 Å². The Morgan fingerprint density at radius 1 is 1.43 bits per heavy atom. The van der Waals surface area contributed by atoms with E-state index in [0.717, 1.165) is 4.88 Å². The largest absolute Gasteiger partial charge is 0.465 e. The summed E-state index contributed by atoms with van der Waals surface area (Å²) in [5.74, 6) is -0.484. The fourth-order valence-electron chi connectivity index (χ4n) is 2.14. The zero-order chi connectivity index (χ0) is 17.2. The van der Waals surface area contributed by atoms with E-state index < -0.39 is 24.4 Å². The lowest BCUT2D eigenvalue weighted by Gasteiger charge is -2.04. The van der Waals surface area contributed by atoms with Crippen LogP contribution in [0, 0.1) is 6.92 Å². The molecule has 9 heteroatoms. The van der Waals surface area contributed by atoms with Gasteiger partial charge in [0.1, 0.15) is 4.88 Å². The Morgan fingerprint density at radius 3 is 2.70 bits per heavy atom. The molecule has 0 fully saturated rings. The second-order valence-electron chi connectivity index (χ2n) is 4.86. The summed E-state index contributed by atoms with van der Waals surface area (Å²) in [5.41, 5.74) is -0.351. The third-order valence-corrected chi connectivity index (χ3v) is 4.30. The summed E-state index contributed by atoms with van der Waals surface area (Å²) in [7, 11) is 1.27. The van der Waals surface area contributed by atoms with Crippen molar-refractivity contribution in [1.29, 1.82) is 0 Å². The van der Waals surface area contributed by atoms with Crippen LogP contribution in [0.25, 0.3) is 0 Å². The highest BCUT2D eigenvalue weighted by molar-refractivity contribution is 7.14. The van der Waals surface area contributed by atoms with Crippen molar-refractivity contribution >= 4 is 17.3 Å². The Morgan fingerprint density at radius 2 is 2.13 bits per heavy atom. The molecule has 0 aliphatic rings. The molecule has 2 heterocycles. The van der Waals surface area contributed by atoms with Gasteiger partial charge in [0.05, 0.1) is 13.7 Å². The summed E-state index contributed by atoms with van der Waals surface area (Å²) in [4.78, 5) is 12.7. The molecule has 2 rings (SSSR count). The van der Waals surface area contributed by atoms with Crippen LogP contribution in [0.3, 0.4) is 0 Å². The predicted molar refractivity (Wildman–Crippen MR) is 77.5 cm³/mol. The van der Waals surface area contributed by atoms with E-state index in [9.17, 15) is 18.0 Å². The van der Waals surface area contributed by atoms with Crippen LogP contribution in [0.2, 0.25) is 0 Å². The average Bonchev–Trinajstić information content (AvgIpc) is 3.03. The first-order chi connectivity index (χ1) is 10.8. The molecule has 0 aliphatic heterocycles. The maximum atomic E-state index is 12.9. The molecule has 0 spiro atoms. The number of hydrogen-bond acceptors (Lipinski definition) is 5. The number of aliphatic hydroxyl groups excluding tert-OH is 1. The van der Waals surface area contributed by atoms with Crippen LogP contribution in [0.5, 0.6) is 0 Å². The van der Waals surface area contributed by atoms with E-state index >= 15 is 0 Å². The number of halogens is 3. The number of aryl methyl sites for hydroxylation is 1. The maximum Gasteiger partial charge on any atom is 0.435 e. The third kappa shape index (κ3) is 3.91. The van der Waals surface area contributed by atoms with E-state index in [2.05, 4.69) is 9.84 Å². The normalized spacial score (nSPS) is 11.7. The first-order valence-corrected chi connectivity index (χ1v) is 7.50. The number of alkyl halides is 3. The molecule has 2 aromatic rings. The molecule has 0 amide bonds. The van der Waals surface area contributed by atoms with Crippen molar-refractivity contribution in [3.63, 3.8) is 0 Å². The van der Waals surface area contributed by atoms with Crippen molar-refractivity contribution in [1.82, 2.24) is 9.78 Å². The van der Waals surface area contributed by atoms with E-state index in [1.807, 2.05) is 0 Å². The van der Waals surface area contributed by atoms with Crippen molar-refractivity contribution in [2.75, 3.05) is 13.7 Å². The van der Waals surface area contributed by atoms with Gasteiger partial charge in [-0.1, -0.05) is 0 Å². The van der Waals surface area contributed by atoms with Gasteiger partial charge in [-0.15, -0.1) is 11.3 Å². The number of aliphatic hydroxyl groups is 1. The van der Waals surface area contributed by atoms with Crippen molar-refractivity contribution in [2.24, 2.45) is 0 Å². The summed E-state index contributed by atoms with van der Waals surface area (Å²) in [6.07, 6.45) is -3.42. The van der Waals surface area contributed by atoms with Crippen molar-refractivity contribution in [3.8, 4) is 0 Å². The number of esters is 1. The Kier molecular flexibility index (Phi) is 5.10. The second-order valence-corrected chi connectivity index (χ2v) is 6.11. The molecule has 0 aliphatic carbocycles. The minimum absolute atomic E-state index is 0.0546. The van der Waals surface area contributed by atoms with Gasteiger partial charge in [0.25, 0.3) is 0 Å². The molecule has 5 nitrogen and oxygen atoms in total. The molecular weight excluding hydrogens is 333 g/mol. The predicted octanol–water partition coefficient (Wildman–Crippen LogP) is 2.64. The van der Waals surface area contributed by atoms with Gasteiger partial charge in [-0.2, -0.15) is 18.3 Å². The van der Waals surface area contributed by atoms with E-state index in [4.69, 9.17) is 5.11 Å². The van der Waals surface area contributed by atoms with Crippen molar-refractivity contribution in [2.45, 2.75) is 26.1 Å². The minimum Gasteiger partial charge on any atom is -0.465 e. The molecule has 0 unspecified atom stereocenters. The minimum atomic E-state index is -4.57. The lowest BCUT2D eigenvalue weighted by Crippen LogP contribution is -2.11. The number of aromatic nitrogens is 2. The number of hydrogen-bond donors (Lipinski definition) is 1. The number of carbonyl (C=O) groups excluding carboxylic acids is 1. The van der Waals surface area contributed by atoms with Crippen LogP contribution in [-0.4, -0.2) is 34.6 Å². The lowest BCUT2D eigenvalue weighted by atomic mass is 10.2. The molecule has 0 radical (unpaired) electrons. The summed E-state index contributed by atoms with van der Waals surface area (Å²) < 4.78 is 44.6. The Balaban J connectivity index is 2.30. The fourth-order valence-corrected chi connectivity index (χ4v) is 3.09. The van der Waals surface area contributed by atoms with E-state index in [-0.39, 0.29) is 18.5 Å². The van der Waals surface area contributed by atoms with Crippen LogP contribution in [0.1, 0.15) is 31.4 Å². The molecule has 1 N–H and O–H groups in total. The molecule has 0 atom stereocenters. The van der Waals surface area contributed by atoms with Crippen LogP contribution in [0.4, 0.5) is 13.2 Å². The van der Waals surface area contributed by atoms with Gasteiger partial charge in [-0.3, -0.25) is 4.68 Å². The monoisotopic (exact) mass is 348 g/mol. The molecule has 2 aromatic heterocycles. The molecule has 126 valence electrons. The van der Waals surface area contributed by atoms with Gasteiger partial charge in [-0.05, 0) is 25.0 Å². The van der Waals surface area contributed by atoms with Gasteiger partial charge < -0.3 is 9.84 Å². The highest BCUT2D eigenvalue weighted by atomic mass is 32.1. The highest BCUT2D eigenvalue weighted by Crippen LogP contribution is 2.31. The van der Waals surface area contributed by atoms with Gasteiger partial charge in [-0.25, -0.2) is 4.79 Å². The topological polar surface area (TPSA) is 64.3 Å². The molecular formula is C14H15F3N2O3S. The Bertz CT molecular complexity index is 707. The first-order valence-electron chi connectivity index (χ1n) is 6.68. The number of rotatable bonds is 5. The standard InChI is InChI=1S/C14H15F3N2O3S/c1-8-10(5-11(23-8)13(21)22-2)7-19-6-9(3-4-20)12(18-19)14(15,16)17/h5-6,20H,3-4,7H2,1-2H3. The maximum absolute atomic E-state index is 12.9. The summed E-state index contributed by atoms with van der Waals surface area (Å²) in [5, 5.41) is 12.5. The van der Waals surface area contributed by atoms with Crippen molar-refractivity contribution < 1.29 is 27.8 Å². The SMILES string of the molecule is COC(=O)c1cc(Cn2cc(CCO)c(C(F)(F)F)n2)c(C)s1.